The molecule has 10 aromatic carbocycles. The van der Waals surface area contributed by atoms with Crippen molar-refractivity contribution in [1.82, 2.24) is 0 Å². The summed E-state index contributed by atoms with van der Waals surface area (Å²) >= 11 is 0. The van der Waals surface area contributed by atoms with Crippen LogP contribution >= 0.6 is 0 Å². The molecular formula is C74H70N2. The zero-order valence-corrected chi connectivity index (χ0v) is 45.3. The number of benzene rings is 10. The van der Waals surface area contributed by atoms with Gasteiger partial charge in [-0.15, -0.1) is 0 Å². The lowest BCUT2D eigenvalue weighted by Gasteiger charge is -2.39. The molecule has 0 bridgehead atoms. The predicted molar refractivity (Wildman–Crippen MR) is 324 cm³/mol. The van der Waals surface area contributed by atoms with E-state index < -0.39 is 0 Å². The van der Waals surface area contributed by atoms with E-state index in [1.165, 1.54) is 131 Å². The molecule has 1 aliphatic rings. The predicted octanol–water partition coefficient (Wildman–Crippen LogP) is 20.2. The molecule has 0 N–H and O–H groups in total. The van der Waals surface area contributed by atoms with Crippen molar-refractivity contribution in [3.63, 3.8) is 0 Å². The molecule has 376 valence electrons. The van der Waals surface area contributed by atoms with Crippen molar-refractivity contribution in [2.75, 3.05) is 9.80 Å². The molecule has 1 fully saturated rings. The topological polar surface area (TPSA) is 6.48 Å². The molecule has 0 radical (unpaired) electrons. The van der Waals surface area contributed by atoms with Gasteiger partial charge < -0.3 is 9.80 Å². The van der Waals surface area contributed by atoms with Gasteiger partial charge in [-0.25, -0.2) is 0 Å². The van der Waals surface area contributed by atoms with Crippen LogP contribution in [0.25, 0.3) is 22.3 Å². The number of nitrogens with zero attached hydrogens (tertiary/aromatic N) is 2. The van der Waals surface area contributed by atoms with Gasteiger partial charge in [-0.3, -0.25) is 0 Å². The fourth-order valence-electron chi connectivity index (χ4n) is 12.1. The second-order valence-electron chi connectivity index (χ2n) is 21.7. The van der Waals surface area contributed by atoms with Crippen LogP contribution in [0.5, 0.6) is 0 Å². The molecule has 76 heavy (non-hydrogen) atoms. The standard InChI is InChI=1S/C74H70N2/c1-52-20-42-72(56(5)46-52)75(66-34-26-58(27-35-66)48-60-24-22-54(3)70(50-60)62-16-10-7-11-17-62)68-38-30-64(31-39-68)74(44-14-9-15-45-74)65-32-40-69(41-33-65)76(73-43-21-53(2)47-57(73)6)67-36-28-59(29-37-67)49-61-25-23-55(4)71(51-61)63-18-12-8-13-19-63/h7-8,10-13,16-43,46-47,50-51H,9,14-15,44-45,48-49H2,1-6H3. The number of rotatable bonds is 14. The molecule has 0 aliphatic heterocycles. The lowest BCUT2D eigenvalue weighted by atomic mass is 9.65. The lowest BCUT2D eigenvalue weighted by Crippen LogP contribution is -2.30. The van der Waals surface area contributed by atoms with Gasteiger partial charge in [0.1, 0.15) is 0 Å². The zero-order chi connectivity index (χ0) is 52.2. The molecule has 11 rings (SSSR count). The van der Waals surface area contributed by atoms with Gasteiger partial charge in [-0.05, 0) is 206 Å². The highest BCUT2D eigenvalue weighted by Crippen LogP contribution is 2.48. The summed E-state index contributed by atoms with van der Waals surface area (Å²) < 4.78 is 0. The molecule has 0 heterocycles. The molecule has 0 spiro atoms. The molecule has 0 amide bonds. The quantitative estimate of drug-likeness (QED) is 0.107. The summed E-state index contributed by atoms with van der Waals surface area (Å²) in [5, 5.41) is 0. The molecule has 0 unspecified atom stereocenters. The Bertz CT molecular complexity index is 3350. The van der Waals surface area contributed by atoms with Crippen LogP contribution in [0.15, 0.2) is 231 Å². The Morgan fingerprint density at radius 3 is 1.04 bits per heavy atom. The van der Waals surface area contributed by atoms with Gasteiger partial charge in [0.05, 0.1) is 0 Å². The largest absolute Gasteiger partial charge is 0.310 e. The Hall–Kier alpha value is -8.20. The van der Waals surface area contributed by atoms with Crippen LogP contribution in [0, 0.1) is 41.5 Å². The second-order valence-corrected chi connectivity index (χ2v) is 21.7. The minimum atomic E-state index is -0.0689. The first-order valence-corrected chi connectivity index (χ1v) is 27.5. The van der Waals surface area contributed by atoms with Crippen molar-refractivity contribution in [2.45, 2.75) is 91.9 Å². The highest BCUT2D eigenvalue weighted by Gasteiger charge is 2.36. The first kappa shape index (κ1) is 50.0. The van der Waals surface area contributed by atoms with Crippen LogP contribution < -0.4 is 9.80 Å². The van der Waals surface area contributed by atoms with Crippen LogP contribution in [-0.2, 0) is 18.3 Å². The number of hydrogen-bond donors (Lipinski definition) is 0. The highest BCUT2D eigenvalue weighted by atomic mass is 15.1. The van der Waals surface area contributed by atoms with Crippen LogP contribution in [0.2, 0.25) is 0 Å². The number of hydrogen-bond acceptors (Lipinski definition) is 2. The molecular weight excluding hydrogens is 917 g/mol. The number of aryl methyl sites for hydroxylation is 6. The van der Waals surface area contributed by atoms with E-state index in [-0.39, 0.29) is 5.41 Å². The van der Waals surface area contributed by atoms with Gasteiger partial charge >= 0.3 is 0 Å². The molecule has 10 aromatic rings. The average molecular weight is 987 g/mol. The highest BCUT2D eigenvalue weighted by molar-refractivity contribution is 5.81. The van der Waals surface area contributed by atoms with Crippen LogP contribution in [0.4, 0.5) is 34.1 Å². The van der Waals surface area contributed by atoms with E-state index in [1.807, 2.05) is 0 Å². The first-order chi connectivity index (χ1) is 37.1. The van der Waals surface area contributed by atoms with Crippen LogP contribution in [-0.4, -0.2) is 0 Å². The van der Waals surface area contributed by atoms with E-state index in [2.05, 4.69) is 282 Å². The molecule has 1 aliphatic carbocycles. The third kappa shape index (κ3) is 10.6. The Kier molecular flexibility index (Phi) is 14.4. The van der Waals surface area contributed by atoms with Crippen molar-refractivity contribution in [3.8, 4) is 22.3 Å². The molecule has 0 aromatic heterocycles. The summed E-state index contributed by atoms with van der Waals surface area (Å²) in [7, 11) is 0. The molecule has 2 heteroatoms. The van der Waals surface area contributed by atoms with E-state index in [9.17, 15) is 0 Å². The summed E-state index contributed by atoms with van der Waals surface area (Å²) in [6, 6.07) is 86.7. The third-order valence-corrected chi connectivity index (χ3v) is 16.2. The third-order valence-electron chi connectivity index (χ3n) is 16.2. The summed E-state index contributed by atoms with van der Waals surface area (Å²) in [4.78, 5) is 4.89. The Balaban J connectivity index is 0.882. The molecule has 0 saturated heterocycles. The SMILES string of the molecule is Cc1ccc(N(c2ccc(Cc3ccc(C)c(-c4ccccc4)c3)cc2)c2ccc(C3(c4ccc(N(c5ccc(Cc6ccc(C)c(-c7ccccc7)c6)cc5)c5ccc(C)cc5C)cc4)CCCCC3)cc2)c(C)c1. The van der Waals surface area contributed by atoms with E-state index in [4.69, 9.17) is 0 Å². The molecule has 1 saturated carbocycles. The van der Waals surface area contributed by atoms with E-state index in [0.29, 0.717) is 0 Å². The van der Waals surface area contributed by atoms with Crippen LogP contribution in [0.3, 0.4) is 0 Å². The van der Waals surface area contributed by atoms with Gasteiger partial charge in [0.2, 0.25) is 0 Å². The van der Waals surface area contributed by atoms with Gasteiger partial charge in [-0.2, -0.15) is 0 Å². The summed E-state index contributed by atoms with van der Waals surface area (Å²) in [6.07, 6.45) is 7.75. The van der Waals surface area contributed by atoms with Gasteiger partial charge in [0, 0.05) is 39.5 Å². The minimum absolute atomic E-state index is 0.0689. The van der Waals surface area contributed by atoms with Crippen LogP contribution in [0.1, 0.15) is 98.9 Å². The van der Waals surface area contributed by atoms with Crippen molar-refractivity contribution in [3.05, 3.63) is 297 Å². The smallest absolute Gasteiger partial charge is 0.0490 e. The fourth-order valence-corrected chi connectivity index (χ4v) is 12.1. The van der Waals surface area contributed by atoms with Crippen molar-refractivity contribution >= 4 is 34.1 Å². The summed E-state index contributed by atoms with van der Waals surface area (Å²) in [5.74, 6) is 0. The van der Waals surface area contributed by atoms with Crippen molar-refractivity contribution in [1.29, 1.82) is 0 Å². The Morgan fingerprint density at radius 1 is 0.316 bits per heavy atom. The maximum atomic E-state index is 2.45. The monoisotopic (exact) mass is 987 g/mol. The van der Waals surface area contributed by atoms with E-state index in [1.54, 1.807) is 0 Å². The summed E-state index contributed by atoms with van der Waals surface area (Å²) in [5.41, 5.74) is 27.8. The molecule has 0 atom stereocenters. The Morgan fingerprint density at radius 2 is 0.671 bits per heavy atom. The second kappa shape index (κ2) is 21.9. The Labute approximate surface area is 453 Å². The normalized spacial score (nSPS) is 13.1. The zero-order valence-electron chi connectivity index (χ0n) is 45.3. The maximum Gasteiger partial charge on any atom is 0.0490 e. The molecule has 2 nitrogen and oxygen atoms in total. The number of anilines is 6. The minimum Gasteiger partial charge on any atom is -0.310 e. The van der Waals surface area contributed by atoms with Gasteiger partial charge in [0.25, 0.3) is 0 Å². The van der Waals surface area contributed by atoms with Crippen molar-refractivity contribution in [2.24, 2.45) is 0 Å². The fraction of sp³-hybridized carbons (Fsp3) is 0.189. The van der Waals surface area contributed by atoms with Crippen molar-refractivity contribution < 1.29 is 0 Å². The first-order valence-electron chi connectivity index (χ1n) is 27.5. The van der Waals surface area contributed by atoms with Gasteiger partial charge in [-0.1, -0.05) is 200 Å². The van der Waals surface area contributed by atoms with Gasteiger partial charge in [0.15, 0.2) is 0 Å². The average Bonchev–Trinajstić information content (AvgIpc) is 3.45. The van der Waals surface area contributed by atoms with E-state index in [0.717, 1.165) is 37.1 Å². The lowest BCUT2D eigenvalue weighted by molar-refractivity contribution is 0.346. The maximum absolute atomic E-state index is 2.45. The summed E-state index contributed by atoms with van der Waals surface area (Å²) in [6.45, 7) is 13.3. The van der Waals surface area contributed by atoms with E-state index >= 15 is 0 Å².